The van der Waals surface area contributed by atoms with Gasteiger partial charge in [0, 0.05) is 12.4 Å². The van der Waals surface area contributed by atoms with E-state index in [0.717, 1.165) is 10.8 Å². The number of hydrogen-bond acceptors (Lipinski definition) is 6. The average molecular weight is 445 g/mol. The van der Waals surface area contributed by atoms with Crippen LogP contribution in [-0.4, -0.2) is 50.0 Å². The molecule has 168 valence electrons. The van der Waals surface area contributed by atoms with Gasteiger partial charge in [0.1, 0.15) is 17.1 Å². The molecule has 1 heterocycles. The van der Waals surface area contributed by atoms with Gasteiger partial charge in [0.2, 0.25) is 0 Å². The topological polar surface area (TPSA) is 91.7 Å². The van der Waals surface area contributed by atoms with Gasteiger partial charge in [-0.3, -0.25) is 4.79 Å². The SMILES string of the molecule is CNC(=O)c1c(C(=O)OC)nn(-c2cccc3ccccc23)c1-c1c(OC)cccc1OC. The largest absolute Gasteiger partial charge is 0.496 e. The molecule has 0 spiro atoms. The molecule has 1 aromatic heterocycles. The first-order valence-electron chi connectivity index (χ1n) is 10.2. The van der Waals surface area contributed by atoms with Gasteiger partial charge in [-0.15, -0.1) is 0 Å². The molecule has 4 aromatic rings. The van der Waals surface area contributed by atoms with Crippen LogP contribution in [0.5, 0.6) is 11.5 Å². The fourth-order valence-corrected chi connectivity index (χ4v) is 3.88. The summed E-state index contributed by atoms with van der Waals surface area (Å²) in [5, 5.41) is 9.04. The summed E-state index contributed by atoms with van der Waals surface area (Å²) >= 11 is 0. The van der Waals surface area contributed by atoms with Gasteiger partial charge in [-0.05, 0) is 23.6 Å². The minimum Gasteiger partial charge on any atom is -0.496 e. The minimum atomic E-state index is -0.734. The Morgan fingerprint density at radius 3 is 2.15 bits per heavy atom. The van der Waals surface area contributed by atoms with Crippen LogP contribution in [0.4, 0.5) is 0 Å². The van der Waals surface area contributed by atoms with Crippen molar-refractivity contribution >= 4 is 22.6 Å². The van der Waals surface area contributed by atoms with Crippen LogP contribution in [0, 0.1) is 0 Å². The summed E-state index contributed by atoms with van der Waals surface area (Å²) in [6.07, 6.45) is 0. The molecular weight excluding hydrogens is 422 g/mol. The lowest BCUT2D eigenvalue weighted by Crippen LogP contribution is -2.21. The number of benzene rings is 3. The van der Waals surface area contributed by atoms with Crippen LogP contribution in [0.2, 0.25) is 0 Å². The number of ether oxygens (including phenoxy) is 3. The van der Waals surface area contributed by atoms with Crippen LogP contribution in [0.15, 0.2) is 60.7 Å². The lowest BCUT2D eigenvalue weighted by atomic mass is 10.0. The number of rotatable bonds is 6. The Morgan fingerprint density at radius 1 is 0.879 bits per heavy atom. The number of hydrogen-bond donors (Lipinski definition) is 1. The smallest absolute Gasteiger partial charge is 0.359 e. The van der Waals surface area contributed by atoms with Crippen LogP contribution in [0.25, 0.3) is 27.7 Å². The highest BCUT2D eigenvalue weighted by Crippen LogP contribution is 2.42. The first-order valence-corrected chi connectivity index (χ1v) is 10.2. The van der Waals surface area contributed by atoms with Crippen molar-refractivity contribution in [3.63, 3.8) is 0 Å². The van der Waals surface area contributed by atoms with Crippen molar-refractivity contribution in [1.82, 2.24) is 15.1 Å². The monoisotopic (exact) mass is 445 g/mol. The third-order valence-electron chi connectivity index (χ3n) is 5.38. The Morgan fingerprint density at radius 2 is 1.52 bits per heavy atom. The van der Waals surface area contributed by atoms with Gasteiger partial charge in [0.15, 0.2) is 5.69 Å². The Balaban J connectivity index is 2.21. The number of carbonyl (C=O) groups excluding carboxylic acids is 2. The predicted molar refractivity (Wildman–Crippen MR) is 124 cm³/mol. The summed E-state index contributed by atoms with van der Waals surface area (Å²) in [6, 6.07) is 18.8. The minimum absolute atomic E-state index is 0.0556. The molecule has 0 bridgehead atoms. The molecule has 0 fully saturated rings. The first kappa shape index (κ1) is 21.9. The van der Waals surface area contributed by atoms with Crippen molar-refractivity contribution < 1.29 is 23.8 Å². The van der Waals surface area contributed by atoms with Gasteiger partial charge in [-0.2, -0.15) is 5.10 Å². The molecule has 0 aliphatic carbocycles. The van der Waals surface area contributed by atoms with Crippen molar-refractivity contribution in [1.29, 1.82) is 0 Å². The second-order valence-electron chi connectivity index (χ2n) is 7.09. The summed E-state index contributed by atoms with van der Waals surface area (Å²) in [5.74, 6) is -0.317. The number of aromatic nitrogens is 2. The van der Waals surface area contributed by atoms with E-state index in [1.807, 2.05) is 42.5 Å². The Kier molecular flexibility index (Phi) is 5.99. The predicted octanol–water partition coefficient (Wildman–Crippen LogP) is 3.86. The van der Waals surface area contributed by atoms with Crippen LogP contribution in [0.3, 0.4) is 0 Å². The lowest BCUT2D eigenvalue weighted by molar-refractivity contribution is 0.0589. The van der Waals surface area contributed by atoms with Crippen LogP contribution in [0.1, 0.15) is 20.8 Å². The number of nitrogens with one attached hydrogen (secondary N) is 1. The van der Waals surface area contributed by atoms with Gasteiger partial charge >= 0.3 is 5.97 Å². The molecule has 1 N–H and O–H groups in total. The van der Waals surface area contributed by atoms with Crippen LogP contribution < -0.4 is 14.8 Å². The normalized spacial score (nSPS) is 10.7. The number of fused-ring (bicyclic) bond motifs is 1. The van der Waals surface area contributed by atoms with Crippen LogP contribution in [-0.2, 0) is 4.74 Å². The fraction of sp³-hybridized carbons (Fsp3) is 0.160. The van der Waals surface area contributed by atoms with Crippen molar-refractivity contribution in [3.05, 3.63) is 71.9 Å². The summed E-state index contributed by atoms with van der Waals surface area (Å²) in [6.45, 7) is 0. The van der Waals surface area contributed by atoms with E-state index in [2.05, 4.69) is 10.4 Å². The van der Waals surface area contributed by atoms with E-state index in [4.69, 9.17) is 14.2 Å². The van der Waals surface area contributed by atoms with Gasteiger partial charge < -0.3 is 19.5 Å². The molecule has 8 nitrogen and oxygen atoms in total. The molecule has 3 aromatic carbocycles. The lowest BCUT2D eigenvalue weighted by Gasteiger charge is -2.17. The number of nitrogens with zero attached hydrogens (tertiary/aromatic N) is 2. The molecule has 0 radical (unpaired) electrons. The average Bonchev–Trinajstić information content (AvgIpc) is 3.26. The maximum absolute atomic E-state index is 13.1. The standard InChI is InChI=1S/C25H23N3O5/c1-26-24(29)21-22(25(30)33-4)27-28(17-12-7-10-15-9-5-6-11-16(15)17)23(21)20-18(31-2)13-8-14-19(20)32-3/h5-14H,1-4H3,(H,26,29). The second kappa shape index (κ2) is 9.04. The molecule has 0 aliphatic heterocycles. The molecule has 1 amide bonds. The Labute approximate surface area is 190 Å². The van der Waals surface area contributed by atoms with E-state index in [1.54, 1.807) is 22.9 Å². The number of carbonyl (C=O) groups is 2. The molecule has 0 aliphatic rings. The second-order valence-corrected chi connectivity index (χ2v) is 7.09. The molecule has 0 saturated heterocycles. The zero-order chi connectivity index (χ0) is 23.5. The number of methoxy groups -OCH3 is 3. The molecule has 0 saturated carbocycles. The quantitative estimate of drug-likeness (QED) is 0.453. The maximum Gasteiger partial charge on any atom is 0.359 e. The molecule has 4 rings (SSSR count). The van der Waals surface area contributed by atoms with E-state index in [9.17, 15) is 9.59 Å². The molecule has 8 heteroatoms. The summed E-state index contributed by atoms with van der Waals surface area (Å²) in [5.41, 5.74) is 1.45. The van der Waals surface area contributed by atoms with Crippen molar-refractivity contribution in [2.24, 2.45) is 0 Å². The van der Waals surface area contributed by atoms with E-state index >= 15 is 0 Å². The number of amides is 1. The van der Waals surface area contributed by atoms with Gasteiger partial charge in [0.25, 0.3) is 5.91 Å². The number of esters is 1. The van der Waals surface area contributed by atoms with E-state index in [0.29, 0.717) is 28.4 Å². The van der Waals surface area contributed by atoms with Crippen LogP contribution >= 0.6 is 0 Å². The van der Waals surface area contributed by atoms with E-state index in [1.165, 1.54) is 28.4 Å². The van der Waals surface area contributed by atoms with Gasteiger partial charge in [-0.1, -0.05) is 42.5 Å². The Hall–Kier alpha value is -4.33. The van der Waals surface area contributed by atoms with E-state index in [-0.39, 0.29) is 11.3 Å². The van der Waals surface area contributed by atoms with Crippen molar-refractivity contribution in [2.45, 2.75) is 0 Å². The molecular formula is C25H23N3O5. The van der Waals surface area contributed by atoms with Gasteiger partial charge in [-0.25, -0.2) is 9.48 Å². The maximum atomic E-state index is 13.1. The Bertz CT molecular complexity index is 1330. The van der Waals surface area contributed by atoms with Crippen molar-refractivity contribution in [2.75, 3.05) is 28.4 Å². The highest BCUT2D eigenvalue weighted by molar-refractivity contribution is 6.10. The molecule has 33 heavy (non-hydrogen) atoms. The highest BCUT2D eigenvalue weighted by Gasteiger charge is 2.33. The third kappa shape index (κ3) is 3.65. The zero-order valence-corrected chi connectivity index (χ0v) is 18.7. The van der Waals surface area contributed by atoms with Gasteiger partial charge in [0.05, 0.1) is 38.3 Å². The highest BCUT2D eigenvalue weighted by atomic mass is 16.5. The summed E-state index contributed by atoms with van der Waals surface area (Å²) < 4.78 is 17.8. The summed E-state index contributed by atoms with van der Waals surface area (Å²) in [7, 11) is 5.79. The molecule has 0 atom stereocenters. The molecule has 0 unspecified atom stereocenters. The zero-order valence-electron chi connectivity index (χ0n) is 18.7. The first-order chi connectivity index (χ1) is 16.0. The third-order valence-corrected chi connectivity index (χ3v) is 5.38. The summed E-state index contributed by atoms with van der Waals surface area (Å²) in [4.78, 5) is 25.8. The van der Waals surface area contributed by atoms with E-state index < -0.39 is 11.9 Å². The van der Waals surface area contributed by atoms with Crippen molar-refractivity contribution in [3.8, 4) is 28.4 Å². The fourth-order valence-electron chi connectivity index (χ4n) is 3.88.